The smallest absolute Gasteiger partial charge is 0.357 e. The molecule has 1 amide bonds. The lowest BCUT2D eigenvalue weighted by molar-refractivity contribution is -0.123. The fourth-order valence-electron chi connectivity index (χ4n) is 2.34. The van der Waals surface area contributed by atoms with Gasteiger partial charge in [0.25, 0.3) is 5.91 Å². The van der Waals surface area contributed by atoms with Crippen LogP contribution in [-0.2, 0) is 16.0 Å². The zero-order valence-corrected chi connectivity index (χ0v) is 15.8. The molecule has 0 radical (unpaired) electrons. The van der Waals surface area contributed by atoms with E-state index in [1.807, 2.05) is 17.5 Å². The largest absolute Gasteiger partial charge is 0.448 e. The molecular weight excluding hydrogens is 362 g/mol. The number of amides is 1. The lowest BCUT2D eigenvalue weighted by Gasteiger charge is -2.11. The summed E-state index contributed by atoms with van der Waals surface area (Å²) in [6.07, 6.45) is 1.51. The van der Waals surface area contributed by atoms with Crippen LogP contribution in [0.4, 0.5) is 5.13 Å². The molecule has 6 nitrogen and oxygen atoms in total. The number of benzene rings is 1. The van der Waals surface area contributed by atoms with Gasteiger partial charge in [0.2, 0.25) is 0 Å². The summed E-state index contributed by atoms with van der Waals surface area (Å²) in [6.45, 7) is 3.61. The van der Waals surface area contributed by atoms with Gasteiger partial charge in [-0.15, -0.1) is 11.3 Å². The van der Waals surface area contributed by atoms with Crippen molar-refractivity contribution < 1.29 is 14.3 Å². The van der Waals surface area contributed by atoms with E-state index in [4.69, 9.17) is 4.74 Å². The number of rotatable bonds is 6. The summed E-state index contributed by atoms with van der Waals surface area (Å²) in [7, 11) is 0. The maximum Gasteiger partial charge on any atom is 0.357 e. The first kappa shape index (κ1) is 18.7. The molecule has 2 aromatic heterocycles. The Balaban J connectivity index is 1.60. The van der Waals surface area contributed by atoms with Crippen LogP contribution in [0.2, 0.25) is 0 Å². The monoisotopic (exact) mass is 381 g/mol. The maximum absolute atomic E-state index is 12.3. The van der Waals surface area contributed by atoms with Gasteiger partial charge in [-0.2, -0.15) is 0 Å². The number of nitrogens with one attached hydrogen (secondary N) is 1. The zero-order chi connectivity index (χ0) is 19.2. The molecular formula is C20H19N3O3S. The minimum Gasteiger partial charge on any atom is -0.448 e. The van der Waals surface area contributed by atoms with Crippen LogP contribution in [-0.4, -0.2) is 27.9 Å². The van der Waals surface area contributed by atoms with Gasteiger partial charge >= 0.3 is 5.97 Å². The summed E-state index contributed by atoms with van der Waals surface area (Å²) in [4.78, 5) is 32.6. The van der Waals surface area contributed by atoms with Crippen molar-refractivity contribution in [1.82, 2.24) is 9.97 Å². The lowest BCUT2D eigenvalue weighted by atomic mass is 10.1. The van der Waals surface area contributed by atoms with E-state index in [9.17, 15) is 9.59 Å². The van der Waals surface area contributed by atoms with Gasteiger partial charge in [0.05, 0.1) is 5.69 Å². The molecule has 1 N–H and O–H groups in total. The van der Waals surface area contributed by atoms with Crippen LogP contribution in [0.1, 0.15) is 29.9 Å². The SMILES string of the molecule is CCc1ccc(-c2csc(NC(=O)[C@@H](C)OC(=O)c3ccccn3)n2)cc1. The minimum absolute atomic E-state index is 0.157. The molecule has 3 aromatic rings. The number of carbonyl (C=O) groups is 2. The van der Waals surface area contributed by atoms with Gasteiger partial charge in [0.15, 0.2) is 11.2 Å². The Hall–Kier alpha value is -3.06. The van der Waals surface area contributed by atoms with Gasteiger partial charge in [-0.3, -0.25) is 10.1 Å². The van der Waals surface area contributed by atoms with E-state index in [2.05, 4.69) is 34.3 Å². The number of aryl methyl sites for hydroxylation is 1. The van der Waals surface area contributed by atoms with E-state index in [1.165, 1.54) is 36.1 Å². The number of ether oxygens (including phenoxy) is 1. The number of aromatic nitrogens is 2. The van der Waals surface area contributed by atoms with E-state index in [0.717, 1.165) is 17.7 Å². The molecule has 138 valence electrons. The summed E-state index contributed by atoms with van der Waals surface area (Å²) >= 11 is 1.32. The number of pyridine rings is 1. The number of hydrogen-bond acceptors (Lipinski definition) is 6. The number of thiazole rings is 1. The van der Waals surface area contributed by atoms with Crippen molar-refractivity contribution in [3.8, 4) is 11.3 Å². The predicted octanol–water partition coefficient (Wildman–Crippen LogP) is 3.95. The second kappa shape index (κ2) is 8.55. The van der Waals surface area contributed by atoms with Crippen molar-refractivity contribution >= 4 is 28.3 Å². The molecule has 0 aliphatic carbocycles. The number of esters is 1. The van der Waals surface area contributed by atoms with Crippen molar-refractivity contribution in [2.75, 3.05) is 5.32 Å². The van der Waals surface area contributed by atoms with Crippen molar-refractivity contribution in [2.24, 2.45) is 0 Å². The molecule has 2 heterocycles. The molecule has 7 heteroatoms. The predicted molar refractivity (Wildman–Crippen MR) is 105 cm³/mol. The van der Waals surface area contributed by atoms with Crippen LogP contribution < -0.4 is 5.32 Å². The molecule has 0 aliphatic rings. The van der Waals surface area contributed by atoms with E-state index in [1.54, 1.807) is 12.1 Å². The van der Waals surface area contributed by atoms with Gasteiger partial charge in [0, 0.05) is 17.1 Å². The fourth-order valence-corrected chi connectivity index (χ4v) is 3.06. The van der Waals surface area contributed by atoms with Gasteiger partial charge in [-0.25, -0.2) is 14.8 Å². The molecule has 1 atom stereocenters. The molecule has 0 fully saturated rings. The molecule has 0 aliphatic heterocycles. The van der Waals surface area contributed by atoms with Gasteiger partial charge in [-0.05, 0) is 31.0 Å². The fraction of sp³-hybridized carbons (Fsp3) is 0.200. The molecule has 0 spiro atoms. The van der Waals surface area contributed by atoms with Crippen LogP contribution in [0.5, 0.6) is 0 Å². The van der Waals surface area contributed by atoms with E-state index in [-0.39, 0.29) is 5.69 Å². The average molecular weight is 381 g/mol. The van der Waals surface area contributed by atoms with Gasteiger partial charge in [0.1, 0.15) is 5.69 Å². The molecule has 3 rings (SSSR count). The minimum atomic E-state index is -0.962. The van der Waals surface area contributed by atoms with E-state index < -0.39 is 18.0 Å². The van der Waals surface area contributed by atoms with E-state index in [0.29, 0.717) is 5.13 Å². The van der Waals surface area contributed by atoms with Crippen molar-refractivity contribution in [3.05, 3.63) is 65.3 Å². The van der Waals surface area contributed by atoms with Crippen LogP contribution >= 0.6 is 11.3 Å². The second-order valence-electron chi connectivity index (χ2n) is 5.84. The molecule has 1 aromatic carbocycles. The highest BCUT2D eigenvalue weighted by atomic mass is 32.1. The second-order valence-corrected chi connectivity index (χ2v) is 6.70. The molecule has 0 saturated heterocycles. The van der Waals surface area contributed by atoms with Crippen molar-refractivity contribution in [1.29, 1.82) is 0 Å². The quantitative estimate of drug-likeness (QED) is 0.654. The first-order valence-corrected chi connectivity index (χ1v) is 9.42. The molecule has 0 bridgehead atoms. The number of nitrogens with zero attached hydrogens (tertiary/aromatic N) is 2. The molecule has 0 unspecified atom stereocenters. The Labute approximate surface area is 161 Å². The van der Waals surface area contributed by atoms with Crippen molar-refractivity contribution in [3.63, 3.8) is 0 Å². The van der Waals surface area contributed by atoms with Crippen LogP contribution in [0, 0.1) is 0 Å². The Kier molecular flexibility index (Phi) is 5.93. The van der Waals surface area contributed by atoms with Crippen LogP contribution in [0.25, 0.3) is 11.3 Å². The van der Waals surface area contributed by atoms with Crippen molar-refractivity contribution in [2.45, 2.75) is 26.4 Å². The summed E-state index contributed by atoms with van der Waals surface area (Å²) in [6, 6.07) is 13.1. The standard InChI is InChI=1S/C20H19N3O3S/c1-3-14-7-9-15(10-8-14)17-12-27-20(22-17)23-18(24)13(2)26-19(25)16-6-4-5-11-21-16/h4-13H,3H2,1-2H3,(H,22,23,24)/t13-/m1/s1. The highest BCUT2D eigenvalue weighted by molar-refractivity contribution is 7.14. The summed E-state index contributed by atoms with van der Waals surface area (Å²) in [5.74, 6) is -1.09. The molecule has 0 saturated carbocycles. The highest BCUT2D eigenvalue weighted by Gasteiger charge is 2.20. The Bertz CT molecular complexity index is 923. The lowest BCUT2D eigenvalue weighted by Crippen LogP contribution is -2.30. The Morgan fingerprint density at radius 2 is 1.96 bits per heavy atom. The third kappa shape index (κ3) is 4.77. The summed E-state index contributed by atoms with van der Waals surface area (Å²) in [5, 5.41) is 5.01. The number of anilines is 1. The Morgan fingerprint density at radius 3 is 2.63 bits per heavy atom. The molecule has 27 heavy (non-hydrogen) atoms. The third-order valence-electron chi connectivity index (χ3n) is 3.92. The normalized spacial score (nSPS) is 11.6. The van der Waals surface area contributed by atoms with Gasteiger partial charge in [-0.1, -0.05) is 37.3 Å². The summed E-state index contributed by atoms with van der Waals surface area (Å²) < 4.78 is 5.15. The third-order valence-corrected chi connectivity index (χ3v) is 4.68. The average Bonchev–Trinajstić information content (AvgIpc) is 3.17. The maximum atomic E-state index is 12.3. The zero-order valence-electron chi connectivity index (χ0n) is 15.0. The van der Waals surface area contributed by atoms with Crippen LogP contribution in [0.3, 0.4) is 0 Å². The topological polar surface area (TPSA) is 81.2 Å². The first-order valence-electron chi connectivity index (χ1n) is 8.54. The van der Waals surface area contributed by atoms with E-state index >= 15 is 0 Å². The Morgan fingerprint density at radius 1 is 1.19 bits per heavy atom. The first-order chi connectivity index (χ1) is 13.1. The number of carbonyl (C=O) groups excluding carboxylic acids is 2. The van der Waals surface area contributed by atoms with Crippen LogP contribution in [0.15, 0.2) is 54.0 Å². The highest BCUT2D eigenvalue weighted by Crippen LogP contribution is 2.25. The summed E-state index contributed by atoms with van der Waals surface area (Å²) in [5.41, 5.74) is 3.19. The van der Waals surface area contributed by atoms with Gasteiger partial charge < -0.3 is 4.74 Å². The number of hydrogen-bond donors (Lipinski definition) is 1.